The number of hydrogen-bond acceptors (Lipinski definition) is 16. The number of rotatable bonds is 9. The summed E-state index contributed by atoms with van der Waals surface area (Å²) in [4.78, 5) is 107. The molecule has 0 bridgehead atoms. The summed E-state index contributed by atoms with van der Waals surface area (Å²) in [5.74, 6) is -11.3. The number of fused-ring (bicyclic) bond motifs is 2. The summed E-state index contributed by atoms with van der Waals surface area (Å²) in [6, 6.07) is 0. The van der Waals surface area contributed by atoms with Crippen LogP contribution in [0, 0.1) is 29.1 Å². The first-order valence-corrected chi connectivity index (χ1v) is 17.9. The van der Waals surface area contributed by atoms with Gasteiger partial charge in [-0.1, -0.05) is 55.0 Å². The summed E-state index contributed by atoms with van der Waals surface area (Å²) >= 11 is 0. The molecule has 3 rings (SSSR count). The fraction of sp³-hybridized carbons (Fsp3) is 0.737. The predicted octanol–water partition coefficient (Wildman–Crippen LogP) is 3.13. The van der Waals surface area contributed by atoms with Gasteiger partial charge in [0.05, 0.1) is 30.0 Å². The van der Waals surface area contributed by atoms with Gasteiger partial charge in [0.25, 0.3) is 0 Å². The van der Waals surface area contributed by atoms with E-state index < -0.39 is 137 Å². The first kappa shape index (κ1) is 44.1. The lowest BCUT2D eigenvalue weighted by atomic mass is 9.69. The Morgan fingerprint density at radius 1 is 0.685 bits per heavy atom. The fourth-order valence-electron chi connectivity index (χ4n) is 7.74. The molecule has 0 aromatic rings. The Bertz CT molecular complexity index is 1560. The maximum atomic E-state index is 15.1. The minimum absolute atomic E-state index is 0.339. The molecule has 302 valence electrons. The molecule has 3 fully saturated rings. The fourth-order valence-corrected chi connectivity index (χ4v) is 7.74. The van der Waals surface area contributed by atoms with Crippen molar-refractivity contribution in [3.63, 3.8) is 0 Å². The van der Waals surface area contributed by atoms with Gasteiger partial charge in [-0.25, -0.2) is 0 Å². The summed E-state index contributed by atoms with van der Waals surface area (Å²) in [5, 5.41) is 0. The Labute approximate surface area is 315 Å². The van der Waals surface area contributed by atoms with E-state index in [1.54, 1.807) is 27.7 Å². The Balaban J connectivity index is 2.60. The van der Waals surface area contributed by atoms with Crippen LogP contribution in [0.25, 0.3) is 0 Å². The van der Waals surface area contributed by atoms with Crippen molar-refractivity contribution < 1.29 is 76.3 Å². The van der Waals surface area contributed by atoms with E-state index in [4.69, 9.17) is 37.9 Å². The lowest BCUT2D eigenvalue weighted by Gasteiger charge is -2.45. The summed E-state index contributed by atoms with van der Waals surface area (Å²) in [6.07, 6.45) is -10.9. The van der Waals surface area contributed by atoms with Crippen LogP contribution in [0.2, 0.25) is 0 Å². The zero-order valence-corrected chi connectivity index (χ0v) is 33.3. The zero-order valence-electron chi connectivity index (χ0n) is 33.3. The molecule has 2 aliphatic carbocycles. The average molecular weight is 767 g/mol. The lowest BCUT2D eigenvalue weighted by molar-refractivity contribution is -0.201. The number of hydrogen-bond donors (Lipinski definition) is 0. The highest BCUT2D eigenvalue weighted by atomic mass is 16.6. The second-order valence-electron chi connectivity index (χ2n) is 15.8. The molecular weight excluding hydrogens is 712 g/mol. The highest BCUT2D eigenvalue weighted by Gasteiger charge is 2.74. The van der Waals surface area contributed by atoms with Crippen LogP contribution < -0.4 is 0 Å². The van der Waals surface area contributed by atoms with Crippen molar-refractivity contribution in [2.75, 3.05) is 0 Å². The van der Waals surface area contributed by atoms with Gasteiger partial charge in [-0.2, -0.15) is 0 Å². The van der Waals surface area contributed by atoms with Crippen molar-refractivity contribution in [1.29, 1.82) is 0 Å². The molecule has 0 aromatic heterocycles. The summed E-state index contributed by atoms with van der Waals surface area (Å²) in [6.45, 7) is 21.8. The third kappa shape index (κ3) is 8.95. The first-order chi connectivity index (χ1) is 24.7. The second-order valence-corrected chi connectivity index (χ2v) is 15.8. The van der Waals surface area contributed by atoms with Crippen molar-refractivity contribution in [1.82, 2.24) is 0 Å². The lowest BCUT2D eigenvalue weighted by Crippen LogP contribution is -2.60. The number of epoxide rings is 1. The van der Waals surface area contributed by atoms with E-state index >= 15 is 4.79 Å². The van der Waals surface area contributed by atoms with Gasteiger partial charge in [0.15, 0.2) is 41.4 Å². The zero-order chi connectivity index (χ0) is 41.4. The Morgan fingerprint density at radius 2 is 1.17 bits per heavy atom. The SMILES string of the molecule is C=C1C(OC(=O)C(C)C)C(OC(=O)C(C)C)C(OC(C)=O)C(C)(C)C2OC2C(C)C(=O)C2(OC(C)=O)CC(C)(OC(C)=O)C(OC(C)=O)C2C1OC(C)=O. The Hall–Kier alpha value is -4.34. The van der Waals surface area contributed by atoms with Gasteiger partial charge >= 0.3 is 41.8 Å². The van der Waals surface area contributed by atoms with Crippen molar-refractivity contribution in [3.05, 3.63) is 12.2 Å². The standard InChI is InChI=1S/C38H54O16/c1-16(2)34(45)51-27-18(5)26(47-20(7)39)25-31(48-21(8)40)37(14,53-23(10)42)15-38(25,54-24(11)43)30(44)19(6)28-32(50-28)36(12,13)33(49-22(9)41)29(27)52-35(46)17(3)4/h16-17,19,25-29,31-33H,5,15H2,1-4,6-14H3. The summed E-state index contributed by atoms with van der Waals surface area (Å²) in [5.41, 5.74) is -5.94. The number of ketones is 1. The minimum Gasteiger partial charge on any atom is -0.458 e. The van der Waals surface area contributed by atoms with E-state index in [-0.39, 0.29) is 5.57 Å². The molecule has 2 saturated carbocycles. The third-order valence-electron chi connectivity index (χ3n) is 10.1. The van der Waals surface area contributed by atoms with Crippen molar-refractivity contribution >= 4 is 47.6 Å². The van der Waals surface area contributed by atoms with Crippen LogP contribution in [-0.2, 0) is 76.3 Å². The van der Waals surface area contributed by atoms with Crippen LogP contribution in [0.3, 0.4) is 0 Å². The van der Waals surface area contributed by atoms with E-state index in [9.17, 15) is 33.6 Å². The maximum Gasteiger partial charge on any atom is 0.309 e. The quantitative estimate of drug-likeness (QED) is 0.143. The van der Waals surface area contributed by atoms with Crippen LogP contribution in [0.5, 0.6) is 0 Å². The highest BCUT2D eigenvalue weighted by Crippen LogP contribution is 2.56. The van der Waals surface area contributed by atoms with E-state index in [0.29, 0.717) is 0 Å². The van der Waals surface area contributed by atoms with Crippen LogP contribution in [-0.4, -0.2) is 101 Å². The summed E-state index contributed by atoms with van der Waals surface area (Å²) in [7, 11) is 0. The van der Waals surface area contributed by atoms with E-state index in [1.807, 2.05) is 0 Å². The molecule has 0 N–H and O–H groups in total. The topological polar surface area (TPSA) is 214 Å². The van der Waals surface area contributed by atoms with E-state index in [0.717, 1.165) is 34.6 Å². The third-order valence-corrected chi connectivity index (χ3v) is 10.1. The average Bonchev–Trinajstić information content (AvgIpc) is 3.80. The van der Waals surface area contributed by atoms with Crippen LogP contribution >= 0.6 is 0 Å². The van der Waals surface area contributed by atoms with Gasteiger partial charge in [-0.15, -0.1) is 0 Å². The second kappa shape index (κ2) is 16.2. The monoisotopic (exact) mass is 766 g/mol. The molecule has 0 spiro atoms. The maximum absolute atomic E-state index is 15.1. The number of ether oxygens (including phenoxy) is 8. The molecule has 0 radical (unpaired) electrons. The molecule has 11 unspecified atom stereocenters. The van der Waals surface area contributed by atoms with Gasteiger partial charge in [0.1, 0.15) is 6.10 Å². The normalized spacial score (nSPS) is 34.5. The summed E-state index contributed by atoms with van der Waals surface area (Å²) < 4.78 is 47.6. The predicted molar refractivity (Wildman–Crippen MR) is 185 cm³/mol. The molecular formula is C38H54O16. The van der Waals surface area contributed by atoms with Crippen molar-refractivity contribution in [2.24, 2.45) is 29.1 Å². The number of Topliss-reactive ketones (excluding diaryl/α,β-unsaturated/α-hetero) is 1. The van der Waals surface area contributed by atoms with Gasteiger partial charge in [0, 0.05) is 57.9 Å². The number of esters is 7. The minimum atomic E-state index is -2.38. The molecule has 16 nitrogen and oxygen atoms in total. The van der Waals surface area contributed by atoms with E-state index in [1.165, 1.54) is 27.7 Å². The van der Waals surface area contributed by atoms with Crippen molar-refractivity contribution in [2.45, 2.75) is 150 Å². The molecule has 16 heteroatoms. The largest absolute Gasteiger partial charge is 0.458 e. The van der Waals surface area contributed by atoms with Crippen LogP contribution in [0.4, 0.5) is 0 Å². The molecule has 0 amide bonds. The number of carbonyl (C=O) groups is 8. The molecule has 3 aliphatic rings. The smallest absolute Gasteiger partial charge is 0.309 e. The molecule has 0 aromatic carbocycles. The molecule has 11 atom stereocenters. The number of carbonyl (C=O) groups excluding carboxylic acids is 8. The van der Waals surface area contributed by atoms with Crippen LogP contribution in [0.1, 0.15) is 96.4 Å². The van der Waals surface area contributed by atoms with E-state index in [2.05, 4.69) is 6.58 Å². The molecule has 1 saturated heterocycles. The first-order valence-electron chi connectivity index (χ1n) is 17.9. The van der Waals surface area contributed by atoms with Gasteiger partial charge in [-0.3, -0.25) is 38.4 Å². The van der Waals surface area contributed by atoms with Gasteiger partial charge < -0.3 is 37.9 Å². The highest BCUT2D eigenvalue weighted by molar-refractivity contribution is 5.93. The Morgan fingerprint density at radius 3 is 1.63 bits per heavy atom. The van der Waals surface area contributed by atoms with Gasteiger partial charge in [-0.05, 0) is 6.92 Å². The van der Waals surface area contributed by atoms with Crippen LogP contribution in [0.15, 0.2) is 12.2 Å². The van der Waals surface area contributed by atoms with Crippen molar-refractivity contribution in [3.8, 4) is 0 Å². The molecule has 1 aliphatic heterocycles. The molecule has 1 heterocycles. The molecule has 54 heavy (non-hydrogen) atoms. The Kier molecular flexibility index (Phi) is 13.2. The van der Waals surface area contributed by atoms with Gasteiger partial charge in [0.2, 0.25) is 0 Å².